The van der Waals surface area contributed by atoms with Gasteiger partial charge in [0.15, 0.2) is 5.01 Å². The van der Waals surface area contributed by atoms with Crippen molar-refractivity contribution in [1.29, 1.82) is 0 Å². The quantitative estimate of drug-likeness (QED) is 0.732. The van der Waals surface area contributed by atoms with Crippen LogP contribution < -0.4 is 0 Å². The van der Waals surface area contributed by atoms with Crippen molar-refractivity contribution in [1.82, 2.24) is 10.2 Å². The molecule has 1 aromatic heterocycles. The molecule has 2 aromatic carbocycles. The molecule has 0 saturated heterocycles. The van der Waals surface area contributed by atoms with Gasteiger partial charge in [0.05, 0.1) is 5.56 Å². The summed E-state index contributed by atoms with van der Waals surface area (Å²) in [7, 11) is 0. The van der Waals surface area contributed by atoms with E-state index in [4.69, 9.17) is 11.6 Å². The molecule has 0 unspecified atom stereocenters. The first-order valence-corrected chi connectivity index (χ1v) is 7.34. The van der Waals surface area contributed by atoms with E-state index in [1.165, 1.54) is 11.3 Å². The maximum Gasteiger partial charge on any atom is 0.231 e. The van der Waals surface area contributed by atoms with Crippen molar-refractivity contribution in [2.24, 2.45) is 4.99 Å². The normalized spacial score (nSPS) is 11.1. The van der Waals surface area contributed by atoms with E-state index in [9.17, 15) is 5.11 Å². The fourth-order valence-corrected chi connectivity index (χ4v) is 2.64. The highest BCUT2D eigenvalue weighted by Gasteiger charge is 2.09. The standard InChI is InChI=1S/C15H10ClN3OS/c16-12-7-3-1-5-10(12)9-17-15-19-18-14(21-15)11-6-2-4-8-13(11)20/h1-9,20H/b17-9+. The molecule has 0 spiro atoms. The van der Waals surface area contributed by atoms with E-state index in [-0.39, 0.29) is 5.75 Å². The Morgan fingerprint density at radius 2 is 1.81 bits per heavy atom. The van der Waals surface area contributed by atoms with Gasteiger partial charge in [-0.25, -0.2) is 4.99 Å². The molecule has 6 heteroatoms. The predicted molar refractivity (Wildman–Crippen MR) is 85.7 cm³/mol. The monoisotopic (exact) mass is 315 g/mol. The Bertz CT molecular complexity index is 801. The van der Waals surface area contributed by atoms with Crippen molar-refractivity contribution in [3.63, 3.8) is 0 Å². The Balaban J connectivity index is 1.86. The van der Waals surface area contributed by atoms with E-state index in [2.05, 4.69) is 15.2 Å². The van der Waals surface area contributed by atoms with Crippen LogP contribution in [-0.2, 0) is 0 Å². The molecule has 0 bridgehead atoms. The molecule has 104 valence electrons. The Morgan fingerprint density at radius 3 is 2.62 bits per heavy atom. The highest BCUT2D eigenvalue weighted by atomic mass is 35.5. The maximum atomic E-state index is 9.80. The van der Waals surface area contributed by atoms with Gasteiger partial charge >= 0.3 is 0 Å². The van der Waals surface area contributed by atoms with Gasteiger partial charge in [0.1, 0.15) is 5.75 Å². The molecule has 0 saturated carbocycles. The first-order chi connectivity index (χ1) is 10.2. The summed E-state index contributed by atoms with van der Waals surface area (Å²) < 4.78 is 0. The molecule has 1 heterocycles. The lowest BCUT2D eigenvalue weighted by atomic mass is 10.2. The lowest BCUT2D eigenvalue weighted by molar-refractivity contribution is 0.477. The molecule has 3 aromatic rings. The van der Waals surface area contributed by atoms with Crippen LogP contribution in [0.25, 0.3) is 10.6 Å². The van der Waals surface area contributed by atoms with Crippen LogP contribution in [0.3, 0.4) is 0 Å². The fourth-order valence-electron chi connectivity index (χ4n) is 1.74. The van der Waals surface area contributed by atoms with E-state index >= 15 is 0 Å². The van der Waals surface area contributed by atoms with E-state index in [1.54, 1.807) is 30.5 Å². The number of hydrogen-bond acceptors (Lipinski definition) is 5. The fraction of sp³-hybridized carbons (Fsp3) is 0. The van der Waals surface area contributed by atoms with Gasteiger partial charge in [-0.05, 0) is 18.2 Å². The lowest BCUT2D eigenvalue weighted by Crippen LogP contribution is -1.80. The summed E-state index contributed by atoms with van der Waals surface area (Å²) >= 11 is 7.36. The molecule has 0 aliphatic rings. The molecule has 3 rings (SSSR count). The topological polar surface area (TPSA) is 58.4 Å². The minimum Gasteiger partial charge on any atom is -0.507 e. The number of aromatic hydroxyl groups is 1. The first kappa shape index (κ1) is 13.7. The number of rotatable bonds is 3. The SMILES string of the molecule is Oc1ccccc1-c1nnc(/N=C/c2ccccc2Cl)s1. The van der Waals surface area contributed by atoms with Crippen molar-refractivity contribution in [2.45, 2.75) is 0 Å². The number of aromatic nitrogens is 2. The third-order valence-electron chi connectivity index (χ3n) is 2.77. The van der Waals surface area contributed by atoms with Crippen molar-refractivity contribution in [3.05, 3.63) is 59.1 Å². The Hall–Kier alpha value is -2.24. The number of benzene rings is 2. The summed E-state index contributed by atoms with van der Waals surface area (Å²) in [5.41, 5.74) is 1.47. The van der Waals surface area contributed by atoms with Crippen LogP contribution in [-0.4, -0.2) is 21.5 Å². The number of phenolic OH excluding ortho intramolecular Hbond substituents is 1. The Kier molecular flexibility index (Phi) is 3.94. The van der Waals surface area contributed by atoms with Crippen LogP contribution in [0.2, 0.25) is 5.02 Å². The molecule has 21 heavy (non-hydrogen) atoms. The minimum absolute atomic E-state index is 0.176. The Labute approximate surface area is 130 Å². The van der Waals surface area contributed by atoms with Crippen LogP contribution in [0.15, 0.2) is 53.5 Å². The Morgan fingerprint density at radius 1 is 1.05 bits per heavy atom. The summed E-state index contributed by atoms with van der Waals surface area (Å²) in [6.07, 6.45) is 1.65. The molecule has 0 radical (unpaired) electrons. The van der Waals surface area contributed by atoms with E-state index in [1.807, 2.05) is 24.3 Å². The van der Waals surface area contributed by atoms with Gasteiger partial charge in [0, 0.05) is 16.8 Å². The number of para-hydroxylation sites is 1. The second kappa shape index (κ2) is 6.03. The van der Waals surface area contributed by atoms with Crippen LogP contribution in [0.4, 0.5) is 5.13 Å². The third kappa shape index (κ3) is 3.09. The smallest absolute Gasteiger partial charge is 0.231 e. The average Bonchev–Trinajstić information content (AvgIpc) is 2.96. The van der Waals surface area contributed by atoms with Gasteiger partial charge in [-0.2, -0.15) is 0 Å². The number of phenols is 1. The third-order valence-corrected chi connectivity index (χ3v) is 3.98. The molecule has 0 atom stereocenters. The minimum atomic E-state index is 0.176. The van der Waals surface area contributed by atoms with Gasteiger partial charge in [-0.3, -0.25) is 0 Å². The van der Waals surface area contributed by atoms with Gasteiger partial charge in [0.2, 0.25) is 5.13 Å². The number of halogens is 1. The molecule has 1 N–H and O–H groups in total. The van der Waals surface area contributed by atoms with E-state index in [0.29, 0.717) is 20.7 Å². The molecule has 0 fully saturated rings. The van der Waals surface area contributed by atoms with E-state index in [0.717, 1.165) is 5.56 Å². The average molecular weight is 316 g/mol. The van der Waals surface area contributed by atoms with Gasteiger partial charge in [-0.1, -0.05) is 53.3 Å². The second-order valence-electron chi connectivity index (χ2n) is 4.19. The van der Waals surface area contributed by atoms with Gasteiger partial charge in [-0.15, -0.1) is 10.2 Å². The maximum absolute atomic E-state index is 9.80. The molecule has 0 aliphatic heterocycles. The van der Waals surface area contributed by atoms with Crippen molar-refractivity contribution < 1.29 is 5.11 Å². The zero-order valence-corrected chi connectivity index (χ0v) is 12.3. The van der Waals surface area contributed by atoms with Crippen LogP contribution in [0.1, 0.15) is 5.56 Å². The van der Waals surface area contributed by atoms with Crippen molar-refractivity contribution in [2.75, 3.05) is 0 Å². The summed E-state index contributed by atoms with van der Waals surface area (Å²) in [4.78, 5) is 4.27. The predicted octanol–water partition coefficient (Wildman–Crippen LogP) is 4.31. The van der Waals surface area contributed by atoms with Crippen LogP contribution in [0.5, 0.6) is 5.75 Å². The first-order valence-electron chi connectivity index (χ1n) is 6.14. The van der Waals surface area contributed by atoms with Gasteiger partial charge in [0.25, 0.3) is 0 Å². The summed E-state index contributed by atoms with van der Waals surface area (Å²) in [6, 6.07) is 14.4. The second-order valence-corrected chi connectivity index (χ2v) is 5.55. The summed E-state index contributed by atoms with van der Waals surface area (Å²) in [6.45, 7) is 0. The summed E-state index contributed by atoms with van der Waals surface area (Å²) in [5, 5.41) is 19.6. The summed E-state index contributed by atoms with van der Waals surface area (Å²) in [5.74, 6) is 0.176. The highest BCUT2D eigenvalue weighted by Crippen LogP contribution is 2.33. The number of aliphatic imine (C=N–C) groups is 1. The van der Waals surface area contributed by atoms with Crippen LogP contribution in [0, 0.1) is 0 Å². The highest BCUT2D eigenvalue weighted by molar-refractivity contribution is 7.18. The van der Waals surface area contributed by atoms with Crippen LogP contribution >= 0.6 is 22.9 Å². The van der Waals surface area contributed by atoms with E-state index < -0.39 is 0 Å². The molecule has 0 aliphatic carbocycles. The molecular formula is C15H10ClN3OS. The number of hydrogen-bond donors (Lipinski definition) is 1. The molecule has 4 nitrogen and oxygen atoms in total. The zero-order valence-electron chi connectivity index (χ0n) is 10.8. The van der Waals surface area contributed by atoms with Gasteiger partial charge < -0.3 is 5.11 Å². The van der Waals surface area contributed by atoms with Crippen molar-refractivity contribution in [3.8, 4) is 16.3 Å². The molecule has 0 amide bonds. The zero-order chi connectivity index (χ0) is 14.7. The molecular weight excluding hydrogens is 306 g/mol. The lowest BCUT2D eigenvalue weighted by Gasteiger charge is -1.97. The largest absolute Gasteiger partial charge is 0.507 e. The van der Waals surface area contributed by atoms with Crippen molar-refractivity contribution >= 4 is 34.3 Å². The number of nitrogens with zero attached hydrogens (tertiary/aromatic N) is 3.